The molecule has 0 amide bonds. The highest BCUT2D eigenvalue weighted by atomic mass is 35.5. The van der Waals surface area contributed by atoms with Crippen LogP contribution in [-0.4, -0.2) is 35.2 Å². The van der Waals surface area contributed by atoms with Crippen LogP contribution in [0.1, 0.15) is 31.8 Å². The summed E-state index contributed by atoms with van der Waals surface area (Å²) in [6, 6.07) is 11.7. The zero-order valence-corrected chi connectivity index (χ0v) is 13.7. The molecule has 1 heterocycles. The molecule has 0 radical (unpaired) electrons. The summed E-state index contributed by atoms with van der Waals surface area (Å²) >= 11 is 5.91. The van der Waals surface area contributed by atoms with Gasteiger partial charge in [-0.2, -0.15) is 0 Å². The lowest BCUT2D eigenvalue weighted by Crippen LogP contribution is -2.16. The van der Waals surface area contributed by atoms with Crippen LogP contribution in [0.15, 0.2) is 42.5 Å². The lowest BCUT2D eigenvalue weighted by molar-refractivity contribution is 0.0651. The van der Waals surface area contributed by atoms with E-state index in [1.54, 1.807) is 0 Å². The topological polar surface area (TPSA) is 86.6 Å². The molecule has 0 aromatic heterocycles. The van der Waals surface area contributed by atoms with Crippen molar-refractivity contribution in [3.63, 3.8) is 0 Å². The molecular formula is C18H18ClNO4. The van der Waals surface area contributed by atoms with Gasteiger partial charge in [-0.05, 0) is 61.3 Å². The molecule has 0 unspecified atom stereocenters. The Balaban J connectivity index is 0.000000174. The van der Waals surface area contributed by atoms with Crippen molar-refractivity contribution in [3.05, 3.63) is 69.7 Å². The summed E-state index contributed by atoms with van der Waals surface area (Å²) in [5.41, 5.74) is 2.48. The molecule has 3 rings (SSSR count). The summed E-state index contributed by atoms with van der Waals surface area (Å²) < 4.78 is 0. The van der Waals surface area contributed by atoms with Crippen LogP contribution in [0.5, 0.6) is 0 Å². The predicted molar refractivity (Wildman–Crippen MR) is 92.1 cm³/mol. The first kappa shape index (κ1) is 18.0. The number of carboxylic acid groups (broad SMARTS) is 2. The lowest BCUT2D eigenvalue weighted by Gasteiger charge is -2.03. The molecule has 0 aliphatic carbocycles. The van der Waals surface area contributed by atoms with Gasteiger partial charge in [0.2, 0.25) is 0 Å². The number of benzene rings is 2. The Morgan fingerprint density at radius 1 is 0.875 bits per heavy atom. The van der Waals surface area contributed by atoms with E-state index >= 15 is 0 Å². The van der Waals surface area contributed by atoms with Gasteiger partial charge >= 0.3 is 11.9 Å². The maximum absolute atomic E-state index is 10.5. The van der Waals surface area contributed by atoms with E-state index in [-0.39, 0.29) is 11.1 Å². The number of fused-ring (bicyclic) bond motifs is 1. The van der Waals surface area contributed by atoms with Crippen LogP contribution in [0, 0.1) is 0 Å². The summed E-state index contributed by atoms with van der Waals surface area (Å²) in [5, 5.41) is 21.3. The summed E-state index contributed by atoms with van der Waals surface area (Å²) in [6.45, 7) is 2.17. The monoisotopic (exact) mass is 347 g/mol. The Bertz CT molecular complexity index is 713. The summed E-state index contributed by atoms with van der Waals surface area (Å²) in [4.78, 5) is 20.9. The molecule has 0 fully saturated rings. The Morgan fingerprint density at radius 3 is 1.96 bits per heavy atom. The minimum Gasteiger partial charge on any atom is -0.478 e. The number of carbonyl (C=O) groups is 2. The zero-order valence-electron chi connectivity index (χ0n) is 13.0. The number of nitrogens with one attached hydrogen (secondary N) is 1. The van der Waals surface area contributed by atoms with Crippen LogP contribution in [0.2, 0.25) is 5.02 Å². The van der Waals surface area contributed by atoms with Crippen molar-refractivity contribution in [2.24, 2.45) is 0 Å². The van der Waals surface area contributed by atoms with Crippen LogP contribution in [0.4, 0.5) is 0 Å². The Morgan fingerprint density at radius 2 is 1.42 bits per heavy atom. The number of aromatic carboxylic acids is 2. The average molecular weight is 348 g/mol. The van der Waals surface area contributed by atoms with Gasteiger partial charge in [-0.1, -0.05) is 29.8 Å². The van der Waals surface area contributed by atoms with Crippen molar-refractivity contribution in [1.29, 1.82) is 0 Å². The maximum Gasteiger partial charge on any atom is 0.336 e. The molecule has 0 bridgehead atoms. The standard InChI is InChI=1S/C10H12ClN.C8H6O4/c11-10-2-1-8-3-5-12-6-4-9(8)7-10;9-7(10)5-3-1-2-4-6(5)8(11)12/h1-2,7,12H,3-6H2;1-4H,(H,9,10)(H,11,12). The van der Waals surface area contributed by atoms with E-state index in [0.717, 1.165) is 31.0 Å². The molecule has 0 saturated heterocycles. The fourth-order valence-electron chi connectivity index (χ4n) is 2.50. The van der Waals surface area contributed by atoms with E-state index in [0.29, 0.717) is 0 Å². The fraction of sp³-hybridized carbons (Fsp3) is 0.222. The third-order valence-electron chi connectivity index (χ3n) is 3.70. The first-order chi connectivity index (χ1) is 11.5. The van der Waals surface area contributed by atoms with Gasteiger partial charge in [0.1, 0.15) is 0 Å². The summed E-state index contributed by atoms with van der Waals surface area (Å²) in [6.07, 6.45) is 2.24. The van der Waals surface area contributed by atoms with Crippen molar-refractivity contribution < 1.29 is 19.8 Å². The highest BCUT2D eigenvalue weighted by Crippen LogP contribution is 2.18. The number of hydrogen-bond acceptors (Lipinski definition) is 3. The van der Waals surface area contributed by atoms with E-state index < -0.39 is 11.9 Å². The van der Waals surface area contributed by atoms with Crippen molar-refractivity contribution >= 4 is 23.5 Å². The van der Waals surface area contributed by atoms with Gasteiger partial charge < -0.3 is 15.5 Å². The lowest BCUT2D eigenvalue weighted by atomic mass is 10.0. The van der Waals surface area contributed by atoms with E-state index in [1.807, 2.05) is 6.07 Å². The smallest absolute Gasteiger partial charge is 0.336 e. The van der Waals surface area contributed by atoms with Gasteiger partial charge in [0.25, 0.3) is 0 Å². The maximum atomic E-state index is 10.5. The zero-order chi connectivity index (χ0) is 17.5. The second kappa shape index (κ2) is 8.47. The normalized spacial score (nSPS) is 13.0. The van der Waals surface area contributed by atoms with Gasteiger partial charge in [0.05, 0.1) is 11.1 Å². The van der Waals surface area contributed by atoms with Crippen molar-refractivity contribution in [1.82, 2.24) is 5.32 Å². The minimum atomic E-state index is -1.23. The molecule has 3 N–H and O–H groups in total. The van der Waals surface area contributed by atoms with Gasteiger partial charge in [-0.15, -0.1) is 0 Å². The third kappa shape index (κ3) is 4.81. The van der Waals surface area contributed by atoms with Gasteiger partial charge in [-0.25, -0.2) is 9.59 Å². The molecule has 1 aliphatic heterocycles. The molecule has 0 atom stereocenters. The van der Waals surface area contributed by atoms with Gasteiger partial charge in [0.15, 0.2) is 0 Å². The van der Waals surface area contributed by atoms with Crippen LogP contribution >= 0.6 is 11.6 Å². The van der Waals surface area contributed by atoms with Crippen LogP contribution in [0.25, 0.3) is 0 Å². The Labute approximate surface area is 144 Å². The second-order valence-electron chi connectivity index (χ2n) is 5.32. The minimum absolute atomic E-state index is 0.190. The molecule has 24 heavy (non-hydrogen) atoms. The van der Waals surface area contributed by atoms with Crippen LogP contribution < -0.4 is 5.32 Å². The molecule has 2 aromatic carbocycles. The van der Waals surface area contributed by atoms with Gasteiger partial charge in [0, 0.05) is 5.02 Å². The SMILES string of the molecule is Clc1ccc2c(c1)CCNCC2.O=C(O)c1ccccc1C(=O)O. The molecule has 1 aliphatic rings. The van der Waals surface area contributed by atoms with Crippen molar-refractivity contribution in [2.45, 2.75) is 12.8 Å². The summed E-state index contributed by atoms with van der Waals surface area (Å²) in [5.74, 6) is -2.46. The first-order valence-corrected chi connectivity index (χ1v) is 7.90. The second-order valence-corrected chi connectivity index (χ2v) is 5.76. The fourth-order valence-corrected chi connectivity index (χ4v) is 2.69. The number of carboxylic acids is 2. The Kier molecular flexibility index (Phi) is 6.35. The molecule has 0 spiro atoms. The molecule has 126 valence electrons. The molecular weight excluding hydrogens is 330 g/mol. The quantitative estimate of drug-likeness (QED) is 0.777. The average Bonchev–Trinajstić information content (AvgIpc) is 2.80. The van der Waals surface area contributed by atoms with Crippen LogP contribution in [-0.2, 0) is 12.8 Å². The number of hydrogen-bond donors (Lipinski definition) is 3. The molecule has 2 aromatic rings. The number of halogens is 1. The highest BCUT2D eigenvalue weighted by Gasteiger charge is 2.13. The Hall–Kier alpha value is -2.37. The number of rotatable bonds is 2. The van der Waals surface area contributed by atoms with E-state index in [9.17, 15) is 9.59 Å². The molecule has 5 nitrogen and oxygen atoms in total. The van der Waals surface area contributed by atoms with Crippen molar-refractivity contribution in [2.75, 3.05) is 13.1 Å². The van der Waals surface area contributed by atoms with Gasteiger partial charge in [-0.3, -0.25) is 0 Å². The van der Waals surface area contributed by atoms with E-state index in [2.05, 4.69) is 17.4 Å². The van der Waals surface area contributed by atoms with Crippen LogP contribution in [0.3, 0.4) is 0 Å². The summed E-state index contributed by atoms with van der Waals surface area (Å²) in [7, 11) is 0. The largest absolute Gasteiger partial charge is 0.478 e. The van der Waals surface area contributed by atoms with E-state index in [4.69, 9.17) is 21.8 Å². The third-order valence-corrected chi connectivity index (χ3v) is 3.93. The first-order valence-electron chi connectivity index (χ1n) is 7.52. The van der Waals surface area contributed by atoms with E-state index in [1.165, 1.54) is 35.4 Å². The van der Waals surface area contributed by atoms with Crippen molar-refractivity contribution in [3.8, 4) is 0 Å². The highest BCUT2D eigenvalue weighted by molar-refractivity contribution is 6.30. The predicted octanol–water partition coefficient (Wildman–Crippen LogP) is 3.11. The molecule has 6 heteroatoms. The molecule has 0 saturated carbocycles.